The van der Waals surface area contributed by atoms with Crippen molar-refractivity contribution in [3.63, 3.8) is 0 Å². The van der Waals surface area contributed by atoms with Crippen LogP contribution < -0.4 is 5.32 Å². The molecule has 0 aromatic heterocycles. The molecule has 1 saturated heterocycles. The molecule has 2 aliphatic rings. The van der Waals surface area contributed by atoms with E-state index in [-0.39, 0.29) is 11.8 Å². The fourth-order valence-corrected chi connectivity index (χ4v) is 3.42. The normalized spacial score (nSPS) is 20.2. The van der Waals surface area contributed by atoms with Crippen LogP contribution in [0.25, 0.3) is 0 Å². The molecule has 1 aromatic rings. The van der Waals surface area contributed by atoms with E-state index in [0.717, 1.165) is 37.2 Å². The van der Waals surface area contributed by atoms with Gasteiger partial charge in [-0.1, -0.05) is 19.1 Å². The number of hydrogen-bond donors (Lipinski definition) is 1. The van der Waals surface area contributed by atoms with Gasteiger partial charge >= 0.3 is 0 Å². The molecule has 1 heterocycles. The number of nitrogens with zero attached hydrogens (tertiary/aromatic N) is 2. The average molecular weight is 380 g/mol. The minimum atomic E-state index is -0.844. The maximum atomic E-state index is 12.8. The minimum absolute atomic E-state index is 0.00203. The van der Waals surface area contributed by atoms with E-state index in [2.05, 4.69) is 33.1 Å². The molecule has 0 atom stereocenters. The van der Waals surface area contributed by atoms with Crippen molar-refractivity contribution in [2.75, 3.05) is 38.0 Å². The number of nitrogens with one attached hydrogen (secondary N) is 1. The number of amides is 2. The molecule has 0 unspecified atom stereocenters. The van der Waals surface area contributed by atoms with Gasteiger partial charge in [-0.2, -0.15) is 0 Å². The Morgan fingerprint density at radius 1 is 1.17 bits per heavy atom. The highest BCUT2D eigenvalue weighted by Crippen LogP contribution is 2.48. The van der Waals surface area contributed by atoms with Gasteiger partial charge in [0.05, 0.1) is 5.69 Å². The monoisotopic (exact) mass is 379 g/mol. The number of piperazine rings is 1. The second kappa shape index (κ2) is 6.61. The lowest BCUT2D eigenvalue weighted by Crippen LogP contribution is -2.52. The Labute approximate surface area is 145 Å². The number of halogens is 1. The molecule has 0 radical (unpaired) electrons. The zero-order chi connectivity index (χ0) is 16.4. The van der Waals surface area contributed by atoms with Crippen LogP contribution in [0.1, 0.15) is 19.8 Å². The van der Waals surface area contributed by atoms with Crippen LogP contribution in [0.5, 0.6) is 0 Å². The summed E-state index contributed by atoms with van der Waals surface area (Å²) in [5, 5.41) is 2.91. The summed E-state index contributed by atoms with van der Waals surface area (Å²) in [4.78, 5) is 29.7. The summed E-state index contributed by atoms with van der Waals surface area (Å²) in [5.41, 5.74) is -0.128. The Hall–Kier alpha value is -1.40. The van der Waals surface area contributed by atoms with E-state index >= 15 is 0 Å². The van der Waals surface area contributed by atoms with E-state index in [4.69, 9.17) is 0 Å². The van der Waals surface area contributed by atoms with Crippen molar-refractivity contribution in [2.24, 2.45) is 5.41 Å². The van der Waals surface area contributed by atoms with Crippen molar-refractivity contribution < 1.29 is 9.59 Å². The van der Waals surface area contributed by atoms with Crippen LogP contribution in [-0.2, 0) is 9.59 Å². The Kier molecular flexibility index (Phi) is 4.73. The molecule has 1 N–H and O–H groups in total. The van der Waals surface area contributed by atoms with E-state index < -0.39 is 5.41 Å². The van der Waals surface area contributed by atoms with Gasteiger partial charge in [0.25, 0.3) is 0 Å². The van der Waals surface area contributed by atoms with Gasteiger partial charge in [-0.05, 0) is 47.4 Å². The lowest BCUT2D eigenvalue weighted by atomic mass is 10.0. The van der Waals surface area contributed by atoms with Gasteiger partial charge < -0.3 is 15.1 Å². The van der Waals surface area contributed by atoms with Crippen LogP contribution in [0.2, 0.25) is 0 Å². The topological polar surface area (TPSA) is 52.7 Å². The molecule has 1 aliphatic heterocycles. The lowest BCUT2D eigenvalue weighted by molar-refractivity contribution is -0.143. The molecule has 2 amide bonds. The first kappa shape index (κ1) is 16.5. The summed E-state index contributed by atoms with van der Waals surface area (Å²) >= 11 is 3.42. The highest BCUT2D eigenvalue weighted by Gasteiger charge is 2.58. The number of benzene rings is 1. The molecule has 1 saturated carbocycles. The zero-order valence-corrected chi connectivity index (χ0v) is 14.9. The highest BCUT2D eigenvalue weighted by atomic mass is 79.9. The molecule has 6 heteroatoms. The third-order valence-corrected chi connectivity index (χ3v) is 5.51. The van der Waals surface area contributed by atoms with Crippen molar-refractivity contribution in [2.45, 2.75) is 19.8 Å². The Morgan fingerprint density at radius 3 is 2.39 bits per heavy atom. The summed E-state index contributed by atoms with van der Waals surface area (Å²) in [6.07, 6.45) is 1.30. The Bertz CT molecular complexity index is 608. The van der Waals surface area contributed by atoms with E-state index in [1.54, 1.807) is 0 Å². The molecule has 1 aliphatic carbocycles. The third kappa shape index (κ3) is 3.28. The number of likely N-dealkylation sites (N-methyl/N-ethyl adjacent to an activating group) is 1. The van der Waals surface area contributed by atoms with Crippen molar-refractivity contribution in [3.05, 3.63) is 28.7 Å². The standard InChI is InChI=1S/C17H22BrN3O2/c1-2-20-9-11-21(12-10-20)16(23)17(7-8-17)15(22)19-14-6-4-3-5-13(14)18/h3-6H,2,7-12H2,1H3,(H,19,22). The van der Waals surface area contributed by atoms with Gasteiger partial charge in [0, 0.05) is 30.7 Å². The van der Waals surface area contributed by atoms with Gasteiger partial charge in [-0.3, -0.25) is 9.59 Å². The average Bonchev–Trinajstić information content (AvgIpc) is 3.38. The van der Waals surface area contributed by atoms with Crippen molar-refractivity contribution >= 4 is 33.4 Å². The van der Waals surface area contributed by atoms with Crippen LogP contribution in [0.15, 0.2) is 28.7 Å². The van der Waals surface area contributed by atoms with Crippen LogP contribution in [-0.4, -0.2) is 54.3 Å². The quantitative estimate of drug-likeness (QED) is 0.816. The van der Waals surface area contributed by atoms with E-state index in [9.17, 15) is 9.59 Å². The predicted molar refractivity (Wildman–Crippen MR) is 93.1 cm³/mol. The van der Waals surface area contributed by atoms with Gasteiger partial charge in [0.1, 0.15) is 5.41 Å². The van der Waals surface area contributed by atoms with E-state index in [0.29, 0.717) is 18.5 Å². The summed E-state index contributed by atoms with van der Waals surface area (Å²) in [5.74, 6) is -0.176. The second-order valence-electron chi connectivity index (χ2n) is 6.24. The number of rotatable bonds is 4. The van der Waals surface area contributed by atoms with Crippen molar-refractivity contribution in [1.29, 1.82) is 0 Å². The molecule has 23 heavy (non-hydrogen) atoms. The smallest absolute Gasteiger partial charge is 0.240 e. The minimum Gasteiger partial charge on any atom is -0.339 e. The van der Waals surface area contributed by atoms with Crippen LogP contribution in [0.4, 0.5) is 5.69 Å². The maximum absolute atomic E-state index is 12.8. The van der Waals surface area contributed by atoms with Gasteiger partial charge in [0.2, 0.25) is 11.8 Å². The fraction of sp³-hybridized carbons (Fsp3) is 0.529. The summed E-state index contributed by atoms with van der Waals surface area (Å²) in [7, 11) is 0. The van der Waals surface area contributed by atoms with Gasteiger partial charge in [0.15, 0.2) is 0 Å². The summed E-state index contributed by atoms with van der Waals surface area (Å²) in [6, 6.07) is 7.47. The van der Waals surface area contributed by atoms with Crippen molar-refractivity contribution in [3.8, 4) is 0 Å². The van der Waals surface area contributed by atoms with Gasteiger partial charge in [-0.15, -0.1) is 0 Å². The van der Waals surface area contributed by atoms with Crippen LogP contribution >= 0.6 is 15.9 Å². The number of anilines is 1. The first-order valence-corrected chi connectivity index (χ1v) is 8.94. The molecule has 2 fully saturated rings. The van der Waals surface area contributed by atoms with E-state index in [1.807, 2.05) is 29.2 Å². The summed E-state index contributed by atoms with van der Waals surface area (Å²) in [6.45, 7) is 6.36. The predicted octanol–water partition coefficient (Wildman–Crippen LogP) is 2.33. The van der Waals surface area contributed by atoms with E-state index in [1.165, 1.54) is 0 Å². The molecular formula is C17H22BrN3O2. The number of hydrogen-bond acceptors (Lipinski definition) is 3. The largest absolute Gasteiger partial charge is 0.339 e. The first-order chi connectivity index (χ1) is 11.1. The molecule has 0 bridgehead atoms. The van der Waals surface area contributed by atoms with Crippen LogP contribution in [0, 0.1) is 5.41 Å². The Morgan fingerprint density at radius 2 is 1.83 bits per heavy atom. The molecule has 124 valence electrons. The van der Waals surface area contributed by atoms with Crippen molar-refractivity contribution in [1.82, 2.24) is 9.80 Å². The first-order valence-electron chi connectivity index (χ1n) is 8.14. The highest BCUT2D eigenvalue weighted by molar-refractivity contribution is 9.10. The van der Waals surface area contributed by atoms with Gasteiger partial charge in [-0.25, -0.2) is 0 Å². The molecule has 0 spiro atoms. The number of carbonyl (C=O) groups excluding carboxylic acids is 2. The molecule has 1 aromatic carbocycles. The SMILES string of the molecule is CCN1CCN(C(=O)C2(C(=O)Nc3ccccc3Br)CC2)CC1. The number of para-hydroxylation sites is 1. The molecule has 5 nitrogen and oxygen atoms in total. The van der Waals surface area contributed by atoms with Crippen LogP contribution in [0.3, 0.4) is 0 Å². The zero-order valence-electron chi connectivity index (χ0n) is 13.3. The number of carbonyl (C=O) groups is 2. The molecular weight excluding hydrogens is 358 g/mol. The lowest BCUT2D eigenvalue weighted by Gasteiger charge is -2.35. The fourth-order valence-electron chi connectivity index (χ4n) is 3.04. The third-order valence-electron chi connectivity index (χ3n) is 4.82. The molecule has 3 rings (SSSR count). The maximum Gasteiger partial charge on any atom is 0.240 e. The second-order valence-corrected chi connectivity index (χ2v) is 7.10. The Balaban J connectivity index is 1.66. The summed E-state index contributed by atoms with van der Waals surface area (Å²) < 4.78 is 0.827.